The zero-order chi connectivity index (χ0) is 61.8. The highest BCUT2D eigenvalue weighted by molar-refractivity contribution is 7.99. The minimum Gasteiger partial charge on any atom is -0.494 e. The fourth-order valence-electron chi connectivity index (χ4n) is 8.03. The Morgan fingerprint density at radius 3 is 1.92 bits per heavy atom. The Morgan fingerprint density at radius 1 is 0.679 bits per heavy atom. The number of aromatic nitrogens is 3. The second kappa shape index (κ2) is 23.5. The van der Waals surface area contributed by atoms with Crippen molar-refractivity contribution in [1.29, 1.82) is 5.26 Å². The number of ether oxygens (including phenoxy) is 2. The molecule has 31 nitrogen and oxygen atoms in total. The largest absolute Gasteiger partial charge is 0.494 e. The molecule has 0 radical (unpaired) electrons. The van der Waals surface area contributed by atoms with Crippen LogP contribution in [0.25, 0.3) is 37.7 Å². The third-order valence-corrected chi connectivity index (χ3v) is 19.4. The molecular formula is C44H37ClN10O21S8. The molecule has 0 atom stereocenters. The van der Waals surface area contributed by atoms with Crippen LogP contribution in [0.2, 0.25) is 5.02 Å². The Labute approximate surface area is 487 Å². The van der Waals surface area contributed by atoms with Crippen LogP contribution in [0.4, 0.5) is 33.6 Å². The number of thiazole rings is 1. The van der Waals surface area contributed by atoms with Crippen molar-refractivity contribution in [2.24, 2.45) is 30.7 Å². The summed E-state index contributed by atoms with van der Waals surface area (Å²) in [5, 5.41) is 45.6. The highest BCUT2D eigenvalue weighted by Gasteiger charge is 2.29. The molecule has 0 amide bonds. The SMILES string of the molecule is COc1cc(N=Nc2cc(OCCCS(=O)(=O)O)c(N=Nc3c(C)c(C#N)c4nc5c(S(=O)(=O)O)c(Cl)ccc5n4c3O)cc2C)c(SCCCS(=O)(=O)O)cc1N=Nc1nc2c(S(=O)(=O)O)cc3c(S(=O)(=O)O)cc(S(=O)(=O)O)cc3c2s1. The van der Waals surface area contributed by atoms with Crippen LogP contribution in [0.1, 0.15) is 29.5 Å². The van der Waals surface area contributed by atoms with Gasteiger partial charge in [0.2, 0.25) is 11.0 Å². The molecule has 0 aliphatic carbocycles. The Morgan fingerprint density at radius 2 is 1.30 bits per heavy atom. The van der Waals surface area contributed by atoms with Crippen LogP contribution in [0.3, 0.4) is 0 Å². The van der Waals surface area contributed by atoms with E-state index in [2.05, 4.69) is 40.7 Å². The first kappa shape index (κ1) is 63.0. The summed E-state index contributed by atoms with van der Waals surface area (Å²) >= 11 is 7.60. The number of thioether (sulfide) groups is 1. The molecule has 0 aliphatic rings. The van der Waals surface area contributed by atoms with E-state index in [0.717, 1.165) is 28.3 Å². The lowest BCUT2D eigenvalue weighted by Gasteiger charge is -2.12. The molecule has 8 rings (SSSR count). The Hall–Kier alpha value is -7.01. The summed E-state index contributed by atoms with van der Waals surface area (Å²) in [5.74, 6) is -2.25. The normalized spacial score (nSPS) is 13.2. The van der Waals surface area contributed by atoms with Crippen molar-refractivity contribution in [1.82, 2.24) is 14.4 Å². The van der Waals surface area contributed by atoms with E-state index in [4.69, 9.17) is 21.1 Å². The summed E-state index contributed by atoms with van der Waals surface area (Å²) in [7, 11) is -28.4. The Balaban J connectivity index is 1.22. The van der Waals surface area contributed by atoms with Gasteiger partial charge in [-0.25, -0.2) is 9.97 Å². The number of benzene rings is 5. The number of rotatable bonds is 21. The van der Waals surface area contributed by atoms with Crippen molar-refractivity contribution in [2.75, 3.05) is 31.0 Å². The molecule has 8 aromatic rings. The molecule has 0 saturated carbocycles. The number of pyridine rings is 1. The van der Waals surface area contributed by atoms with E-state index in [-0.39, 0.29) is 108 Å². The van der Waals surface area contributed by atoms with Crippen molar-refractivity contribution in [3.05, 3.63) is 76.3 Å². The minimum atomic E-state index is -5.33. The van der Waals surface area contributed by atoms with Crippen LogP contribution in [0.5, 0.6) is 17.4 Å². The molecule has 3 aromatic heterocycles. The standard InChI is InChI=1S/C44H37ClN10O21S8/c1-20-12-28(50-53-37-21(2)25(19-46)42-47-38-31(55(42)43(37)56)7-6-26(45)41(38)84(72,73)74)33(76-8-4-10-79(57,58)59)16-27(20)49-52-30-17-32(75-3)29(18-34(30)77-9-5-11-80(60,61)62)51-54-44-48-39-36(83(69,70)71)15-23-24(40(39)78-44)13-22(81(63,64)65)14-35(23)82(66,67)68/h6-7,12-18,56H,4-5,8-11H2,1-3H3,(H,57,58,59)(H,60,61,62)(H,63,64,65)(H,66,67,68)(H,69,70,71)(H,72,73,74). The van der Waals surface area contributed by atoms with Crippen molar-refractivity contribution >= 4 is 167 Å². The van der Waals surface area contributed by atoms with Gasteiger partial charge in [-0.1, -0.05) is 22.9 Å². The number of methoxy groups -OCH3 is 1. The van der Waals surface area contributed by atoms with Gasteiger partial charge in [0.15, 0.2) is 11.3 Å². The van der Waals surface area contributed by atoms with Gasteiger partial charge in [0, 0.05) is 33.4 Å². The van der Waals surface area contributed by atoms with Gasteiger partial charge in [-0.05, 0) is 80.5 Å². The zero-order valence-corrected chi connectivity index (χ0v) is 49.7. The molecule has 0 aliphatic heterocycles. The fourth-order valence-corrected chi connectivity index (χ4v) is 14.3. The van der Waals surface area contributed by atoms with Gasteiger partial charge >= 0.3 is 0 Å². The number of aromatic hydroxyl groups is 1. The molecule has 0 saturated heterocycles. The number of nitriles is 1. The van der Waals surface area contributed by atoms with Gasteiger partial charge in [-0.15, -0.1) is 37.3 Å². The molecule has 0 fully saturated rings. The van der Waals surface area contributed by atoms with Gasteiger partial charge in [0.05, 0.1) is 51.0 Å². The number of aryl methyl sites for hydroxylation is 1. The molecule has 40 heteroatoms. The molecule has 0 unspecified atom stereocenters. The lowest BCUT2D eigenvalue weighted by Crippen LogP contribution is -2.08. The smallest absolute Gasteiger partial charge is 0.298 e. The molecule has 84 heavy (non-hydrogen) atoms. The second-order valence-corrected chi connectivity index (χ2v) is 28.7. The van der Waals surface area contributed by atoms with Gasteiger partial charge < -0.3 is 14.6 Å². The van der Waals surface area contributed by atoms with Gasteiger partial charge in [-0.3, -0.25) is 31.7 Å². The number of nitrogens with zero attached hydrogens (tertiary/aromatic N) is 10. The average molecular weight is 1330 g/mol. The zero-order valence-electron chi connectivity index (χ0n) is 42.4. The predicted molar refractivity (Wildman–Crippen MR) is 300 cm³/mol. The third kappa shape index (κ3) is 13.7. The first-order valence-corrected chi connectivity index (χ1v) is 34.0. The van der Waals surface area contributed by atoms with Crippen LogP contribution in [-0.4, -0.2) is 128 Å². The van der Waals surface area contributed by atoms with E-state index in [1.54, 1.807) is 6.92 Å². The third-order valence-electron chi connectivity index (χ3n) is 11.7. The average Bonchev–Trinajstić information content (AvgIpc) is 1.61. The summed E-state index contributed by atoms with van der Waals surface area (Å²) in [6, 6.07) is 11.4. The Bertz CT molecular complexity index is 4970. The van der Waals surface area contributed by atoms with Crippen molar-refractivity contribution in [3.63, 3.8) is 0 Å². The molecule has 0 bridgehead atoms. The number of fused-ring (bicyclic) bond motifs is 6. The molecule has 7 N–H and O–H groups in total. The van der Waals surface area contributed by atoms with E-state index < -0.39 is 119 Å². The van der Waals surface area contributed by atoms with Crippen molar-refractivity contribution in [2.45, 2.75) is 51.2 Å². The van der Waals surface area contributed by atoms with Crippen LogP contribution >= 0.6 is 34.7 Å². The molecular weight excluding hydrogens is 1300 g/mol. The van der Waals surface area contributed by atoms with E-state index in [1.165, 1.54) is 44.4 Å². The lowest BCUT2D eigenvalue weighted by molar-refractivity contribution is 0.317. The lowest BCUT2D eigenvalue weighted by atomic mass is 10.1. The van der Waals surface area contributed by atoms with Gasteiger partial charge in [0.1, 0.15) is 65.9 Å². The highest BCUT2D eigenvalue weighted by Crippen LogP contribution is 2.46. The predicted octanol–water partition coefficient (Wildman–Crippen LogP) is 9.37. The summed E-state index contributed by atoms with van der Waals surface area (Å²) < 4.78 is 216. The molecule has 3 heterocycles. The maximum Gasteiger partial charge on any atom is 0.298 e. The summed E-state index contributed by atoms with van der Waals surface area (Å²) in [6.45, 7) is 2.58. The quantitative estimate of drug-likeness (QED) is 0.0152. The van der Waals surface area contributed by atoms with E-state index in [0.29, 0.717) is 29.0 Å². The molecule has 0 spiro atoms. The van der Waals surface area contributed by atoms with E-state index in [9.17, 15) is 88.2 Å². The topological polar surface area (TPSA) is 493 Å². The highest BCUT2D eigenvalue weighted by atomic mass is 35.5. The summed E-state index contributed by atoms with van der Waals surface area (Å²) in [5.41, 5.74) is -1.60. The number of halogens is 1. The van der Waals surface area contributed by atoms with Crippen LogP contribution in [-0.2, 0) is 60.7 Å². The van der Waals surface area contributed by atoms with E-state index >= 15 is 0 Å². The number of hydrogen-bond donors (Lipinski definition) is 7. The second-order valence-electron chi connectivity index (χ2n) is 17.4. The van der Waals surface area contributed by atoms with E-state index in [1.807, 2.05) is 6.07 Å². The maximum atomic E-state index is 12.6. The van der Waals surface area contributed by atoms with Crippen molar-refractivity contribution in [3.8, 4) is 23.4 Å². The number of imidazole rings is 1. The fraction of sp³-hybridized carbons (Fsp3) is 0.205. The number of hydrogen-bond acceptors (Lipinski definition) is 26. The first-order chi connectivity index (χ1) is 39.0. The van der Waals surface area contributed by atoms with Gasteiger partial charge in [-0.2, -0.15) is 60.9 Å². The monoisotopic (exact) mass is 1330 g/mol. The molecule has 444 valence electrons. The Kier molecular flexibility index (Phi) is 17.6. The summed E-state index contributed by atoms with van der Waals surface area (Å²) in [4.78, 5) is 4.56. The van der Waals surface area contributed by atoms with Crippen LogP contribution in [0.15, 0.2) is 110 Å². The van der Waals surface area contributed by atoms with Crippen LogP contribution in [0, 0.1) is 25.2 Å². The maximum absolute atomic E-state index is 12.6. The van der Waals surface area contributed by atoms with Crippen molar-refractivity contribution < 1.29 is 92.4 Å². The molecule has 5 aromatic carbocycles. The number of azo groups is 3. The minimum absolute atomic E-state index is 0.00597. The summed E-state index contributed by atoms with van der Waals surface area (Å²) in [6.07, 6.45) is -0.346. The van der Waals surface area contributed by atoms with Gasteiger partial charge in [0.25, 0.3) is 60.7 Å². The van der Waals surface area contributed by atoms with Crippen LogP contribution < -0.4 is 9.47 Å². The first-order valence-electron chi connectivity index (χ1n) is 22.8.